The highest BCUT2D eigenvalue weighted by Gasteiger charge is 2.40. The van der Waals surface area contributed by atoms with Gasteiger partial charge in [0.25, 0.3) is 0 Å². The molecule has 0 spiro atoms. The van der Waals surface area contributed by atoms with Gasteiger partial charge in [0.05, 0.1) is 18.6 Å². The number of nitrogens with one attached hydrogen (secondary N) is 2. The topological polar surface area (TPSA) is 56.7 Å². The monoisotopic (exact) mass is 406 g/mol. The highest BCUT2D eigenvalue weighted by molar-refractivity contribution is 14.0. The molecule has 21 heavy (non-hydrogen) atoms. The summed E-state index contributed by atoms with van der Waals surface area (Å²) < 4.78 is 0. The minimum Gasteiger partial charge on any atom is -0.354 e. The molecule has 2 N–H and O–H groups in total. The first-order valence-electron chi connectivity index (χ1n) is 7.80. The summed E-state index contributed by atoms with van der Waals surface area (Å²) >= 11 is 0. The molecular weight excluding hydrogens is 379 g/mol. The fraction of sp³-hybridized carbons (Fsp3) is 0.867. The van der Waals surface area contributed by atoms with E-state index in [4.69, 9.17) is 0 Å². The van der Waals surface area contributed by atoms with Crippen LogP contribution in [0.2, 0.25) is 0 Å². The van der Waals surface area contributed by atoms with Crippen LogP contribution in [0.1, 0.15) is 40.0 Å². The minimum absolute atomic E-state index is 0. The van der Waals surface area contributed by atoms with Crippen LogP contribution in [0.4, 0.5) is 0 Å². The number of guanidine groups is 1. The van der Waals surface area contributed by atoms with E-state index < -0.39 is 0 Å². The maximum Gasteiger partial charge on any atom is 0.220 e. The zero-order chi connectivity index (χ0) is 14.3. The first kappa shape index (κ1) is 16.8. The van der Waals surface area contributed by atoms with Gasteiger partial charge in [-0.3, -0.25) is 9.79 Å². The van der Waals surface area contributed by atoms with E-state index >= 15 is 0 Å². The Morgan fingerprint density at radius 2 is 2.19 bits per heavy atom. The summed E-state index contributed by atoms with van der Waals surface area (Å²) in [6.45, 7) is 9.42. The molecule has 3 atom stereocenters. The Bertz CT molecular complexity index is 437. The lowest BCUT2D eigenvalue weighted by Crippen LogP contribution is -2.51. The number of nitrogens with zero attached hydrogens (tertiary/aromatic N) is 2. The van der Waals surface area contributed by atoms with Gasteiger partial charge in [-0.05, 0) is 24.2 Å². The summed E-state index contributed by atoms with van der Waals surface area (Å²) in [6, 6.07) is 0.791. The predicted molar refractivity (Wildman–Crippen MR) is 94.9 cm³/mol. The molecule has 3 aliphatic rings. The second-order valence-corrected chi connectivity index (χ2v) is 7.32. The van der Waals surface area contributed by atoms with E-state index in [-0.39, 0.29) is 41.3 Å². The van der Waals surface area contributed by atoms with E-state index in [1.165, 1.54) is 12.8 Å². The number of hydrogen-bond acceptors (Lipinski definition) is 4. The Labute approximate surface area is 144 Å². The van der Waals surface area contributed by atoms with Crippen molar-refractivity contribution in [2.45, 2.75) is 52.1 Å². The zero-order valence-electron chi connectivity index (χ0n) is 13.2. The number of piperidine rings is 1. The lowest BCUT2D eigenvalue weighted by molar-refractivity contribution is -0.119. The molecule has 5 nitrogen and oxygen atoms in total. The quantitative estimate of drug-likeness (QED) is 0.685. The van der Waals surface area contributed by atoms with E-state index in [2.05, 4.69) is 41.3 Å². The number of carbonyl (C=O) groups is 1. The van der Waals surface area contributed by atoms with E-state index in [0.717, 1.165) is 31.5 Å². The maximum absolute atomic E-state index is 11.6. The van der Waals surface area contributed by atoms with Crippen LogP contribution in [0.5, 0.6) is 0 Å². The normalized spacial score (nSPS) is 33.9. The van der Waals surface area contributed by atoms with Gasteiger partial charge in [-0.25, -0.2) is 0 Å². The summed E-state index contributed by atoms with van der Waals surface area (Å²) in [6.07, 6.45) is 3.19. The van der Waals surface area contributed by atoms with E-state index in [0.29, 0.717) is 12.5 Å². The molecule has 2 saturated heterocycles. The van der Waals surface area contributed by atoms with Gasteiger partial charge in [0, 0.05) is 19.5 Å². The summed E-state index contributed by atoms with van der Waals surface area (Å²) in [5.74, 6) is 1.96. The van der Waals surface area contributed by atoms with Gasteiger partial charge >= 0.3 is 0 Å². The smallest absolute Gasteiger partial charge is 0.220 e. The van der Waals surface area contributed by atoms with E-state index in [1.54, 1.807) is 0 Å². The van der Waals surface area contributed by atoms with Gasteiger partial charge in [-0.2, -0.15) is 0 Å². The van der Waals surface area contributed by atoms with Crippen LogP contribution < -0.4 is 10.6 Å². The molecular formula is C15H27IN4O. The largest absolute Gasteiger partial charge is 0.354 e. The summed E-state index contributed by atoms with van der Waals surface area (Å²) in [4.78, 5) is 18.6. The molecule has 0 saturated carbocycles. The van der Waals surface area contributed by atoms with Crippen molar-refractivity contribution in [3.05, 3.63) is 0 Å². The van der Waals surface area contributed by atoms with Crippen LogP contribution >= 0.6 is 24.0 Å². The van der Waals surface area contributed by atoms with Gasteiger partial charge in [-0.1, -0.05) is 20.8 Å². The Morgan fingerprint density at radius 1 is 1.43 bits per heavy atom. The molecule has 120 valence electrons. The molecule has 3 rings (SSSR count). The predicted octanol–water partition coefficient (Wildman–Crippen LogP) is 1.58. The molecule has 0 aromatic heterocycles. The van der Waals surface area contributed by atoms with Crippen molar-refractivity contribution in [1.82, 2.24) is 15.5 Å². The highest BCUT2D eigenvalue weighted by atomic mass is 127. The van der Waals surface area contributed by atoms with Gasteiger partial charge < -0.3 is 15.5 Å². The second-order valence-electron chi connectivity index (χ2n) is 7.32. The summed E-state index contributed by atoms with van der Waals surface area (Å²) in [5, 5.41) is 6.55. The lowest BCUT2D eigenvalue weighted by atomic mass is 9.85. The van der Waals surface area contributed by atoms with Crippen molar-refractivity contribution in [3.8, 4) is 0 Å². The third kappa shape index (κ3) is 3.46. The molecule has 1 amide bonds. The number of rotatable bonds is 2. The Balaban J connectivity index is 0.00000161. The number of halogens is 1. The fourth-order valence-electron chi connectivity index (χ4n) is 3.60. The molecule has 0 radical (unpaired) electrons. The first-order chi connectivity index (χ1) is 9.45. The summed E-state index contributed by atoms with van der Waals surface area (Å²) in [7, 11) is 0. The average Bonchev–Trinajstić information content (AvgIpc) is 2.86. The van der Waals surface area contributed by atoms with Crippen molar-refractivity contribution < 1.29 is 4.79 Å². The van der Waals surface area contributed by atoms with Crippen molar-refractivity contribution in [2.75, 3.05) is 19.6 Å². The molecule has 2 fully saturated rings. The molecule has 3 aliphatic heterocycles. The van der Waals surface area contributed by atoms with Gasteiger partial charge in [-0.15, -0.1) is 24.0 Å². The molecule has 0 aliphatic carbocycles. The number of aliphatic imine (C=N–C) groups is 1. The van der Waals surface area contributed by atoms with E-state index in [1.807, 2.05) is 0 Å². The average molecular weight is 406 g/mol. The fourth-order valence-corrected chi connectivity index (χ4v) is 3.60. The molecule has 3 heterocycles. The number of carbonyl (C=O) groups excluding carboxylic acids is 1. The second kappa shape index (κ2) is 6.30. The number of fused-ring (bicyclic) bond motifs is 1. The Morgan fingerprint density at radius 3 is 2.86 bits per heavy atom. The molecule has 0 bridgehead atoms. The van der Waals surface area contributed by atoms with Crippen LogP contribution in [0.3, 0.4) is 0 Å². The Hall–Kier alpha value is -0.530. The van der Waals surface area contributed by atoms with Crippen LogP contribution in [0, 0.1) is 11.3 Å². The van der Waals surface area contributed by atoms with Crippen molar-refractivity contribution in [2.24, 2.45) is 16.3 Å². The number of amides is 1. The van der Waals surface area contributed by atoms with Crippen LogP contribution in [-0.4, -0.2) is 48.5 Å². The van der Waals surface area contributed by atoms with Gasteiger partial charge in [0.2, 0.25) is 5.91 Å². The van der Waals surface area contributed by atoms with Crippen molar-refractivity contribution in [1.29, 1.82) is 0 Å². The molecule has 3 unspecified atom stereocenters. The third-order valence-corrected chi connectivity index (χ3v) is 5.02. The summed E-state index contributed by atoms with van der Waals surface area (Å²) in [5.41, 5.74) is 0.0256. The minimum atomic E-state index is 0. The highest BCUT2D eigenvalue weighted by Crippen LogP contribution is 2.30. The molecule has 6 heteroatoms. The van der Waals surface area contributed by atoms with E-state index in [9.17, 15) is 4.79 Å². The van der Waals surface area contributed by atoms with Crippen LogP contribution in [0.15, 0.2) is 4.99 Å². The SMILES string of the molecule is CC1CCC2CN=C(NCC3NC(=O)CC3(C)C)N2C1.I. The molecule has 0 aromatic carbocycles. The van der Waals surface area contributed by atoms with Gasteiger partial charge in [0.1, 0.15) is 0 Å². The maximum atomic E-state index is 11.6. The van der Waals surface area contributed by atoms with Crippen LogP contribution in [0.25, 0.3) is 0 Å². The van der Waals surface area contributed by atoms with Crippen molar-refractivity contribution in [3.63, 3.8) is 0 Å². The van der Waals surface area contributed by atoms with Crippen molar-refractivity contribution >= 4 is 35.8 Å². The molecule has 0 aromatic rings. The lowest BCUT2D eigenvalue weighted by Gasteiger charge is -2.36. The van der Waals surface area contributed by atoms with Crippen LogP contribution in [-0.2, 0) is 4.79 Å². The number of hydrogen-bond donors (Lipinski definition) is 2. The zero-order valence-corrected chi connectivity index (χ0v) is 15.5. The first-order valence-corrected chi connectivity index (χ1v) is 7.80. The standard InChI is InChI=1S/C15H26N4O.HI/c1-10-4-5-11-7-16-14(19(11)9-10)17-8-12-15(2,3)6-13(20)18-12;/h10-12H,4-9H2,1-3H3,(H,16,17)(H,18,20);1H. The Kier molecular flexibility index (Phi) is 5.05. The van der Waals surface area contributed by atoms with Gasteiger partial charge in [0.15, 0.2) is 5.96 Å². The third-order valence-electron chi connectivity index (χ3n) is 5.02.